The number of benzene rings is 1. The summed E-state index contributed by atoms with van der Waals surface area (Å²) in [5, 5.41) is 1.01. The van der Waals surface area contributed by atoms with Crippen molar-refractivity contribution in [1.29, 1.82) is 0 Å². The monoisotopic (exact) mass is 390 g/mol. The van der Waals surface area contributed by atoms with E-state index in [1.165, 1.54) is 0 Å². The van der Waals surface area contributed by atoms with E-state index in [0.29, 0.717) is 31.5 Å². The van der Waals surface area contributed by atoms with Gasteiger partial charge < -0.3 is 14.8 Å². The highest BCUT2D eigenvalue weighted by molar-refractivity contribution is 5.83. The number of rotatable bonds is 4. The molecule has 1 aliphatic rings. The number of piperazine rings is 1. The van der Waals surface area contributed by atoms with E-state index in [9.17, 15) is 9.59 Å². The lowest BCUT2D eigenvalue weighted by Crippen LogP contribution is -2.49. The molecule has 6 heteroatoms. The van der Waals surface area contributed by atoms with Gasteiger partial charge >= 0.3 is 0 Å². The molecule has 0 atom stereocenters. The minimum atomic E-state index is -0.0982. The van der Waals surface area contributed by atoms with Crippen molar-refractivity contribution in [3.05, 3.63) is 69.6 Å². The lowest BCUT2D eigenvalue weighted by molar-refractivity contribution is -0.131. The summed E-state index contributed by atoms with van der Waals surface area (Å²) < 4.78 is 0. The molecule has 1 saturated heterocycles. The Balaban J connectivity index is 1.38. The van der Waals surface area contributed by atoms with Crippen LogP contribution in [0.2, 0.25) is 0 Å². The molecule has 0 unspecified atom stereocenters. The van der Waals surface area contributed by atoms with Gasteiger partial charge in [0, 0.05) is 44.4 Å². The van der Waals surface area contributed by atoms with Crippen molar-refractivity contribution in [1.82, 2.24) is 14.9 Å². The van der Waals surface area contributed by atoms with Crippen molar-refractivity contribution in [2.45, 2.75) is 26.7 Å². The molecule has 4 rings (SSSR count). The van der Waals surface area contributed by atoms with Crippen LogP contribution in [-0.4, -0.2) is 47.0 Å². The molecule has 6 nitrogen and oxygen atoms in total. The number of nitrogens with zero attached hydrogens (tertiary/aromatic N) is 3. The fraction of sp³-hybridized carbons (Fsp3) is 0.348. The highest BCUT2D eigenvalue weighted by atomic mass is 16.2. The topological polar surface area (TPSA) is 69.3 Å². The third kappa shape index (κ3) is 4.01. The first kappa shape index (κ1) is 19.2. The zero-order valence-electron chi connectivity index (χ0n) is 16.9. The number of amides is 1. The van der Waals surface area contributed by atoms with Crippen LogP contribution in [-0.2, 0) is 11.2 Å². The lowest BCUT2D eigenvalue weighted by Gasteiger charge is -2.35. The summed E-state index contributed by atoms with van der Waals surface area (Å²) in [6.45, 7) is 6.97. The summed E-state index contributed by atoms with van der Waals surface area (Å²) in [7, 11) is 0. The van der Waals surface area contributed by atoms with Gasteiger partial charge in [-0.3, -0.25) is 9.59 Å². The van der Waals surface area contributed by atoms with Crippen LogP contribution in [0.25, 0.3) is 10.9 Å². The number of carbonyl (C=O) groups is 1. The molecule has 2 aromatic heterocycles. The van der Waals surface area contributed by atoms with Gasteiger partial charge in [-0.15, -0.1) is 0 Å². The second-order valence-electron chi connectivity index (χ2n) is 7.65. The summed E-state index contributed by atoms with van der Waals surface area (Å²) in [6.07, 6.45) is 2.59. The molecular formula is C23H26N4O2. The van der Waals surface area contributed by atoms with E-state index >= 15 is 0 Å². The molecule has 0 aliphatic carbocycles. The summed E-state index contributed by atoms with van der Waals surface area (Å²) in [4.78, 5) is 36.6. The third-order valence-electron chi connectivity index (χ3n) is 5.84. The highest BCUT2D eigenvalue weighted by Gasteiger charge is 2.21. The molecule has 3 aromatic rings. The number of aryl methyl sites for hydroxylation is 3. The molecule has 3 heterocycles. The number of H-pyrrole nitrogens is 1. The zero-order valence-corrected chi connectivity index (χ0v) is 16.9. The van der Waals surface area contributed by atoms with E-state index in [1.807, 2.05) is 49.1 Å². The average molecular weight is 390 g/mol. The smallest absolute Gasteiger partial charge is 0.251 e. The van der Waals surface area contributed by atoms with Crippen molar-refractivity contribution in [3.8, 4) is 0 Å². The molecule has 0 spiro atoms. The number of anilines is 1. The van der Waals surface area contributed by atoms with Gasteiger partial charge in [0.2, 0.25) is 5.91 Å². The van der Waals surface area contributed by atoms with Crippen molar-refractivity contribution < 1.29 is 4.79 Å². The predicted octanol–water partition coefficient (Wildman–Crippen LogP) is 2.82. The van der Waals surface area contributed by atoms with Gasteiger partial charge in [-0.2, -0.15) is 0 Å². The van der Waals surface area contributed by atoms with Gasteiger partial charge in [0.1, 0.15) is 5.82 Å². The molecule has 1 aromatic carbocycles. The first-order valence-corrected chi connectivity index (χ1v) is 10.1. The number of hydrogen-bond donors (Lipinski definition) is 1. The number of aromatic nitrogens is 2. The highest BCUT2D eigenvalue weighted by Crippen LogP contribution is 2.19. The molecule has 0 bridgehead atoms. The maximum absolute atomic E-state index is 12.7. The molecule has 1 N–H and O–H groups in total. The fourth-order valence-corrected chi connectivity index (χ4v) is 3.88. The lowest BCUT2D eigenvalue weighted by atomic mass is 10.0. The number of hydrogen-bond acceptors (Lipinski definition) is 4. The maximum atomic E-state index is 12.7. The van der Waals surface area contributed by atoms with Crippen LogP contribution in [0.5, 0.6) is 0 Å². The molecule has 150 valence electrons. The van der Waals surface area contributed by atoms with Gasteiger partial charge in [0.25, 0.3) is 5.56 Å². The Morgan fingerprint density at radius 2 is 1.90 bits per heavy atom. The van der Waals surface area contributed by atoms with E-state index in [4.69, 9.17) is 0 Å². The minimum Gasteiger partial charge on any atom is -0.353 e. The van der Waals surface area contributed by atoms with E-state index in [2.05, 4.69) is 20.9 Å². The summed E-state index contributed by atoms with van der Waals surface area (Å²) in [5.41, 5.74) is 3.70. The Bertz CT molecular complexity index is 1080. The van der Waals surface area contributed by atoms with E-state index in [0.717, 1.165) is 40.9 Å². The number of nitrogens with one attached hydrogen (secondary N) is 1. The van der Waals surface area contributed by atoms with Crippen LogP contribution in [0.4, 0.5) is 5.82 Å². The zero-order chi connectivity index (χ0) is 20.4. The normalized spacial score (nSPS) is 14.4. The minimum absolute atomic E-state index is 0.0982. The number of pyridine rings is 2. The van der Waals surface area contributed by atoms with Crippen molar-refractivity contribution in [3.63, 3.8) is 0 Å². The summed E-state index contributed by atoms with van der Waals surface area (Å²) in [5.74, 6) is 1.05. The molecule has 1 fully saturated rings. The van der Waals surface area contributed by atoms with Crippen LogP contribution in [0.15, 0.2) is 47.4 Å². The standard InChI is InChI=1S/C23H26N4O2/c1-16-6-7-18-15-19(23(29)25-22(18)17(16)2)8-9-21(28)27-13-11-26(12-14-27)20-5-3-4-10-24-20/h3-7,10,15H,8-9,11-14H2,1-2H3,(H,25,29). The first-order chi connectivity index (χ1) is 14.0. The number of carbonyl (C=O) groups excluding carboxylic acids is 1. The molecule has 1 aliphatic heterocycles. The van der Waals surface area contributed by atoms with Crippen LogP contribution in [0.1, 0.15) is 23.1 Å². The largest absolute Gasteiger partial charge is 0.353 e. The van der Waals surface area contributed by atoms with E-state index in [1.54, 1.807) is 6.20 Å². The first-order valence-electron chi connectivity index (χ1n) is 10.1. The van der Waals surface area contributed by atoms with Crippen molar-refractivity contribution in [2.24, 2.45) is 0 Å². The van der Waals surface area contributed by atoms with Crippen LogP contribution in [0, 0.1) is 13.8 Å². The van der Waals surface area contributed by atoms with Crippen LogP contribution >= 0.6 is 0 Å². The predicted molar refractivity (Wildman–Crippen MR) is 115 cm³/mol. The maximum Gasteiger partial charge on any atom is 0.251 e. The molecule has 29 heavy (non-hydrogen) atoms. The second kappa shape index (κ2) is 8.07. The molecule has 0 radical (unpaired) electrons. The van der Waals surface area contributed by atoms with E-state index < -0.39 is 0 Å². The van der Waals surface area contributed by atoms with Gasteiger partial charge in [-0.1, -0.05) is 18.2 Å². The third-order valence-corrected chi connectivity index (χ3v) is 5.84. The average Bonchev–Trinajstić information content (AvgIpc) is 2.76. The van der Waals surface area contributed by atoms with Crippen LogP contribution in [0.3, 0.4) is 0 Å². The van der Waals surface area contributed by atoms with Crippen molar-refractivity contribution >= 4 is 22.6 Å². The second-order valence-corrected chi connectivity index (χ2v) is 7.65. The Labute approximate surface area is 170 Å². The Morgan fingerprint density at radius 1 is 1.10 bits per heavy atom. The van der Waals surface area contributed by atoms with Crippen LogP contribution < -0.4 is 10.5 Å². The number of fused-ring (bicyclic) bond motifs is 1. The van der Waals surface area contributed by atoms with Gasteiger partial charge in [-0.05, 0) is 55.0 Å². The van der Waals surface area contributed by atoms with Gasteiger partial charge in [-0.25, -0.2) is 4.98 Å². The molecule has 0 saturated carbocycles. The Hall–Kier alpha value is -3.15. The summed E-state index contributed by atoms with van der Waals surface area (Å²) in [6, 6.07) is 11.9. The van der Waals surface area contributed by atoms with Gasteiger partial charge in [0.15, 0.2) is 0 Å². The van der Waals surface area contributed by atoms with Gasteiger partial charge in [0.05, 0.1) is 5.52 Å². The Morgan fingerprint density at radius 3 is 2.62 bits per heavy atom. The fourth-order valence-electron chi connectivity index (χ4n) is 3.88. The Kier molecular flexibility index (Phi) is 5.34. The summed E-state index contributed by atoms with van der Waals surface area (Å²) >= 11 is 0. The quantitative estimate of drug-likeness (QED) is 0.744. The number of aromatic amines is 1. The SMILES string of the molecule is Cc1ccc2cc(CCC(=O)N3CCN(c4ccccn4)CC3)c(=O)[nH]c2c1C. The van der Waals surface area contributed by atoms with Crippen molar-refractivity contribution in [2.75, 3.05) is 31.1 Å². The van der Waals surface area contributed by atoms with E-state index in [-0.39, 0.29) is 11.5 Å². The molecule has 1 amide bonds. The molecular weight excluding hydrogens is 364 g/mol.